The number of nitrogens with zero attached hydrogens (tertiary/aromatic N) is 5. The number of aromatic nitrogens is 3. The molecule has 0 saturated carbocycles. The van der Waals surface area contributed by atoms with E-state index in [9.17, 15) is 0 Å². The van der Waals surface area contributed by atoms with Crippen molar-refractivity contribution in [2.45, 2.75) is 26.2 Å². The first-order valence-electron chi connectivity index (χ1n) is 10.2. The Hall–Kier alpha value is -3.68. The number of nitrogen functional groups attached to an aromatic ring is 1. The lowest BCUT2D eigenvalue weighted by Crippen LogP contribution is -2.31. The number of nitrogens with one attached hydrogen (secondary N) is 2. The quantitative estimate of drug-likeness (QED) is 0.325. The maximum Gasteiger partial charge on any atom is 0.250 e. The molecule has 8 nitrogen and oxygen atoms in total. The molecule has 4 N–H and O–H groups in total. The SMILES string of the molecule is C/C(=N/Nc1nc(Nc2ccccc2)nc(N2CCCCC2)n1)c1ccc(N)cc1. The molecular weight excluding hydrogens is 376 g/mol. The van der Waals surface area contributed by atoms with Crippen LogP contribution in [0, 0.1) is 0 Å². The fourth-order valence-corrected chi connectivity index (χ4v) is 3.28. The second-order valence-electron chi connectivity index (χ2n) is 7.25. The van der Waals surface area contributed by atoms with Crippen molar-refractivity contribution in [2.24, 2.45) is 5.10 Å². The molecule has 4 rings (SSSR count). The number of nitrogens with two attached hydrogens (primary N) is 1. The molecule has 3 aromatic rings. The standard InChI is InChI=1S/C22H26N8/c1-16(17-10-12-18(23)13-11-17)28-29-21-25-20(24-19-8-4-2-5-9-19)26-22(27-21)30-14-6-3-7-15-30/h2,4-5,8-13H,3,6-7,14-15,23H2,1H3,(H2,24,25,26,27,29)/b28-16-. The van der Waals surface area contributed by atoms with Gasteiger partial charge in [0.25, 0.3) is 0 Å². The van der Waals surface area contributed by atoms with Gasteiger partial charge in [-0.25, -0.2) is 5.43 Å². The van der Waals surface area contributed by atoms with E-state index in [-0.39, 0.29) is 0 Å². The van der Waals surface area contributed by atoms with Gasteiger partial charge in [0.2, 0.25) is 17.8 Å². The first-order valence-corrected chi connectivity index (χ1v) is 10.2. The first-order chi connectivity index (χ1) is 14.7. The largest absolute Gasteiger partial charge is 0.399 e. The third kappa shape index (κ3) is 5.02. The van der Waals surface area contributed by atoms with Crippen LogP contribution in [0.5, 0.6) is 0 Å². The summed E-state index contributed by atoms with van der Waals surface area (Å²) in [6.45, 7) is 3.82. The van der Waals surface area contributed by atoms with Gasteiger partial charge >= 0.3 is 0 Å². The lowest BCUT2D eigenvalue weighted by atomic mass is 10.1. The number of hydrogen-bond acceptors (Lipinski definition) is 8. The normalized spacial score (nSPS) is 14.4. The molecule has 1 aliphatic rings. The molecule has 1 aliphatic heterocycles. The Labute approximate surface area is 176 Å². The summed E-state index contributed by atoms with van der Waals surface area (Å²) < 4.78 is 0. The van der Waals surface area contributed by atoms with Crippen LogP contribution in [0.2, 0.25) is 0 Å². The second kappa shape index (κ2) is 9.21. The Morgan fingerprint density at radius 3 is 2.33 bits per heavy atom. The summed E-state index contributed by atoms with van der Waals surface area (Å²) in [5, 5.41) is 7.71. The van der Waals surface area contributed by atoms with Crippen molar-refractivity contribution in [2.75, 3.05) is 34.5 Å². The number of anilines is 5. The van der Waals surface area contributed by atoms with Crippen LogP contribution in [-0.2, 0) is 0 Å². The second-order valence-corrected chi connectivity index (χ2v) is 7.25. The summed E-state index contributed by atoms with van der Waals surface area (Å²) in [6.07, 6.45) is 3.53. The van der Waals surface area contributed by atoms with E-state index in [1.807, 2.05) is 61.5 Å². The molecule has 1 saturated heterocycles. The lowest BCUT2D eigenvalue weighted by molar-refractivity contribution is 0.568. The number of piperidine rings is 1. The fraction of sp³-hybridized carbons (Fsp3) is 0.273. The van der Waals surface area contributed by atoms with Crippen molar-refractivity contribution in [1.29, 1.82) is 0 Å². The van der Waals surface area contributed by atoms with Crippen molar-refractivity contribution in [3.05, 3.63) is 60.2 Å². The Morgan fingerprint density at radius 1 is 0.900 bits per heavy atom. The van der Waals surface area contributed by atoms with Gasteiger partial charge < -0.3 is 16.0 Å². The highest BCUT2D eigenvalue weighted by Crippen LogP contribution is 2.20. The minimum atomic E-state index is 0.402. The van der Waals surface area contributed by atoms with Crippen molar-refractivity contribution >= 4 is 34.9 Å². The van der Waals surface area contributed by atoms with Crippen LogP contribution in [0.3, 0.4) is 0 Å². The summed E-state index contributed by atoms with van der Waals surface area (Å²) >= 11 is 0. The molecule has 154 valence electrons. The van der Waals surface area contributed by atoms with E-state index in [1.165, 1.54) is 6.42 Å². The van der Waals surface area contributed by atoms with Gasteiger partial charge in [-0.3, -0.25) is 0 Å². The molecule has 2 aromatic carbocycles. The van der Waals surface area contributed by atoms with Gasteiger partial charge in [0, 0.05) is 24.5 Å². The zero-order chi connectivity index (χ0) is 20.8. The van der Waals surface area contributed by atoms with Crippen LogP contribution < -0.4 is 21.4 Å². The van der Waals surface area contributed by atoms with Gasteiger partial charge in [-0.1, -0.05) is 30.3 Å². The third-order valence-electron chi connectivity index (χ3n) is 4.94. The molecule has 8 heteroatoms. The highest BCUT2D eigenvalue weighted by Gasteiger charge is 2.16. The number of hydrazone groups is 1. The first kappa shape index (κ1) is 19.6. The maximum absolute atomic E-state index is 5.77. The van der Waals surface area contributed by atoms with Crippen LogP contribution >= 0.6 is 0 Å². The molecule has 1 aromatic heterocycles. The van der Waals surface area contributed by atoms with E-state index in [0.717, 1.165) is 48.6 Å². The Kier molecular flexibility index (Phi) is 6.03. The Morgan fingerprint density at radius 2 is 1.60 bits per heavy atom. The Balaban J connectivity index is 1.59. The van der Waals surface area contributed by atoms with Crippen LogP contribution in [0.1, 0.15) is 31.7 Å². The average molecular weight is 403 g/mol. The smallest absolute Gasteiger partial charge is 0.250 e. The van der Waals surface area contributed by atoms with E-state index in [0.29, 0.717) is 17.8 Å². The van der Waals surface area contributed by atoms with Gasteiger partial charge in [-0.15, -0.1) is 0 Å². The molecule has 0 atom stereocenters. The van der Waals surface area contributed by atoms with Gasteiger partial charge in [0.15, 0.2) is 0 Å². The summed E-state index contributed by atoms with van der Waals surface area (Å²) in [4.78, 5) is 15.9. The molecule has 0 aliphatic carbocycles. The topological polar surface area (TPSA) is 104 Å². The van der Waals surface area contributed by atoms with Crippen molar-refractivity contribution in [3.63, 3.8) is 0 Å². The summed E-state index contributed by atoms with van der Waals surface area (Å²) in [7, 11) is 0. The zero-order valence-corrected chi connectivity index (χ0v) is 17.0. The monoisotopic (exact) mass is 402 g/mol. The predicted octanol–water partition coefficient (Wildman–Crippen LogP) is 4.02. The highest BCUT2D eigenvalue weighted by molar-refractivity contribution is 5.99. The molecule has 0 unspecified atom stereocenters. The molecule has 30 heavy (non-hydrogen) atoms. The summed E-state index contributed by atoms with van der Waals surface area (Å²) in [5.74, 6) is 1.55. The molecular formula is C22H26N8. The maximum atomic E-state index is 5.77. The van der Waals surface area contributed by atoms with Gasteiger partial charge in [0.05, 0.1) is 5.71 Å². The van der Waals surface area contributed by atoms with E-state index in [2.05, 4.69) is 35.7 Å². The molecule has 2 heterocycles. The summed E-state index contributed by atoms with van der Waals surface area (Å²) in [5.41, 5.74) is 12.2. The van der Waals surface area contributed by atoms with Crippen molar-refractivity contribution in [1.82, 2.24) is 15.0 Å². The average Bonchev–Trinajstić information content (AvgIpc) is 2.79. The predicted molar refractivity (Wildman–Crippen MR) is 122 cm³/mol. The van der Waals surface area contributed by atoms with Crippen LogP contribution in [0.25, 0.3) is 0 Å². The number of benzene rings is 2. The zero-order valence-electron chi connectivity index (χ0n) is 17.0. The molecule has 0 radical (unpaired) electrons. The van der Waals surface area contributed by atoms with Crippen LogP contribution in [-0.4, -0.2) is 33.8 Å². The van der Waals surface area contributed by atoms with Crippen LogP contribution in [0.15, 0.2) is 59.7 Å². The van der Waals surface area contributed by atoms with Gasteiger partial charge in [-0.2, -0.15) is 20.1 Å². The molecule has 0 spiro atoms. The molecule has 0 amide bonds. The van der Waals surface area contributed by atoms with Gasteiger partial charge in [0.1, 0.15) is 0 Å². The summed E-state index contributed by atoms with van der Waals surface area (Å²) in [6, 6.07) is 17.4. The fourth-order valence-electron chi connectivity index (χ4n) is 3.28. The third-order valence-corrected chi connectivity index (χ3v) is 4.94. The highest BCUT2D eigenvalue weighted by atomic mass is 15.4. The molecule has 1 fully saturated rings. The van der Waals surface area contributed by atoms with E-state index >= 15 is 0 Å². The minimum absolute atomic E-state index is 0.402. The minimum Gasteiger partial charge on any atom is -0.399 e. The number of rotatable bonds is 6. The molecule has 0 bridgehead atoms. The van der Waals surface area contributed by atoms with Crippen molar-refractivity contribution < 1.29 is 0 Å². The van der Waals surface area contributed by atoms with E-state index < -0.39 is 0 Å². The number of para-hydroxylation sites is 1. The van der Waals surface area contributed by atoms with Gasteiger partial charge in [-0.05, 0) is 56.0 Å². The van der Waals surface area contributed by atoms with Crippen molar-refractivity contribution in [3.8, 4) is 0 Å². The van der Waals surface area contributed by atoms with E-state index in [1.54, 1.807) is 0 Å². The van der Waals surface area contributed by atoms with Crippen LogP contribution in [0.4, 0.5) is 29.2 Å². The Bertz CT molecular complexity index is 995. The van der Waals surface area contributed by atoms with E-state index in [4.69, 9.17) is 5.73 Å². The lowest BCUT2D eigenvalue weighted by Gasteiger charge is -2.26. The number of hydrogen-bond donors (Lipinski definition) is 3.